The molecular formula is C15H18ClN3O. The lowest BCUT2D eigenvalue weighted by Gasteiger charge is -2.32. The van der Waals surface area contributed by atoms with E-state index < -0.39 is 0 Å². The summed E-state index contributed by atoms with van der Waals surface area (Å²) in [6.07, 6.45) is 2.46. The van der Waals surface area contributed by atoms with Crippen LogP contribution in [0.5, 0.6) is 0 Å². The zero-order valence-corrected chi connectivity index (χ0v) is 12.3. The van der Waals surface area contributed by atoms with E-state index in [9.17, 15) is 0 Å². The number of hydrogen-bond acceptors (Lipinski definition) is 4. The van der Waals surface area contributed by atoms with Gasteiger partial charge in [0.25, 0.3) is 6.01 Å². The van der Waals surface area contributed by atoms with Crippen molar-refractivity contribution in [2.45, 2.75) is 31.7 Å². The number of aromatic nitrogens is 1. The van der Waals surface area contributed by atoms with Crippen molar-refractivity contribution in [3.8, 4) is 0 Å². The Hall–Kier alpha value is -1.26. The zero-order valence-electron chi connectivity index (χ0n) is 11.5. The van der Waals surface area contributed by atoms with Crippen molar-refractivity contribution in [1.82, 2.24) is 10.3 Å². The summed E-state index contributed by atoms with van der Waals surface area (Å²) in [6.45, 7) is 5.06. The summed E-state index contributed by atoms with van der Waals surface area (Å²) in [5, 5.41) is 4.14. The van der Waals surface area contributed by atoms with E-state index in [1.165, 1.54) is 18.4 Å². The summed E-state index contributed by atoms with van der Waals surface area (Å²) in [5.41, 5.74) is 3.05. The van der Waals surface area contributed by atoms with Gasteiger partial charge in [0.2, 0.25) is 0 Å². The van der Waals surface area contributed by atoms with Gasteiger partial charge in [0.05, 0.1) is 0 Å². The van der Waals surface area contributed by atoms with Crippen molar-refractivity contribution in [1.29, 1.82) is 0 Å². The molecule has 1 aromatic heterocycles. The monoisotopic (exact) mass is 291 g/mol. The van der Waals surface area contributed by atoms with Gasteiger partial charge in [-0.1, -0.05) is 11.6 Å². The third-order valence-corrected chi connectivity index (χ3v) is 4.45. The van der Waals surface area contributed by atoms with E-state index in [0.29, 0.717) is 12.0 Å². The molecule has 2 aliphatic rings. The van der Waals surface area contributed by atoms with Crippen molar-refractivity contribution >= 4 is 28.7 Å². The number of oxazole rings is 1. The van der Waals surface area contributed by atoms with Gasteiger partial charge >= 0.3 is 0 Å². The highest BCUT2D eigenvalue weighted by Gasteiger charge is 2.29. The fraction of sp³-hybridized carbons (Fsp3) is 0.533. The number of hydrogen-bond donors (Lipinski definition) is 1. The SMILES string of the molecule is CC1CNCCN1c1nc2cc(Cl)cc(C3CC3)c2o1. The summed E-state index contributed by atoms with van der Waals surface area (Å²) < 4.78 is 6.09. The fourth-order valence-corrected chi connectivity index (χ4v) is 3.18. The second-order valence-electron chi connectivity index (χ2n) is 5.86. The molecule has 1 aromatic carbocycles. The summed E-state index contributed by atoms with van der Waals surface area (Å²) in [7, 11) is 0. The van der Waals surface area contributed by atoms with E-state index >= 15 is 0 Å². The van der Waals surface area contributed by atoms with Gasteiger partial charge in [-0.25, -0.2) is 0 Å². The van der Waals surface area contributed by atoms with Crippen LogP contribution in [0.4, 0.5) is 6.01 Å². The number of rotatable bonds is 2. The Morgan fingerprint density at radius 2 is 2.25 bits per heavy atom. The molecule has 20 heavy (non-hydrogen) atoms. The van der Waals surface area contributed by atoms with Crippen LogP contribution >= 0.6 is 11.6 Å². The Kier molecular flexibility index (Phi) is 2.89. The fourth-order valence-electron chi connectivity index (χ4n) is 2.96. The minimum Gasteiger partial charge on any atom is -0.423 e. The number of piperazine rings is 1. The molecule has 1 saturated heterocycles. The predicted octanol–water partition coefficient (Wildman–Crippen LogP) is 3.16. The number of benzene rings is 1. The topological polar surface area (TPSA) is 41.3 Å². The van der Waals surface area contributed by atoms with Crippen molar-refractivity contribution in [3.05, 3.63) is 22.7 Å². The Morgan fingerprint density at radius 3 is 3.00 bits per heavy atom. The molecular weight excluding hydrogens is 274 g/mol. The third-order valence-electron chi connectivity index (χ3n) is 4.24. The smallest absolute Gasteiger partial charge is 0.298 e. The molecule has 0 radical (unpaired) electrons. The minimum atomic E-state index is 0.400. The highest BCUT2D eigenvalue weighted by Crippen LogP contribution is 2.45. The Balaban J connectivity index is 1.79. The lowest BCUT2D eigenvalue weighted by atomic mass is 10.1. The molecule has 4 nitrogen and oxygen atoms in total. The molecule has 5 heteroatoms. The number of nitrogens with zero attached hydrogens (tertiary/aromatic N) is 2. The van der Waals surface area contributed by atoms with E-state index in [-0.39, 0.29) is 0 Å². The van der Waals surface area contributed by atoms with Crippen molar-refractivity contribution in [2.75, 3.05) is 24.5 Å². The average molecular weight is 292 g/mol. The van der Waals surface area contributed by atoms with Crippen LogP contribution in [0.3, 0.4) is 0 Å². The molecule has 1 atom stereocenters. The van der Waals surface area contributed by atoms with Crippen LogP contribution in [0.15, 0.2) is 16.5 Å². The summed E-state index contributed by atoms with van der Waals surface area (Å²) in [4.78, 5) is 6.90. The summed E-state index contributed by atoms with van der Waals surface area (Å²) in [5.74, 6) is 0.609. The van der Waals surface area contributed by atoms with Crippen molar-refractivity contribution < 1.29 is 4.42 Å². The zero-order chi connectivity index (χ0) is 13.7. The van der Waals surface area contributed by atoms with Crippen LogP contribution < -0.4 is 10.2 Å². The molecule has 0 spiro atoms. The lowest BCUT2D eigenvalue weighted by Crippen LogP contribution is -2.50. The molecule has 106 valence electrons. The van der Waals surface area contributed by atoms with Gasteiger partial charge in [-0.3, -0.25) is 0 Å². The minimum absolute atomic E-state index is 0.400. The van der Waals surface area contributed by atoms with Gasteiger partial charge in [0.15, 0.2) is 5.58 Å². The maximum atomic E-state index is 6.21. The first-order chi connectivity index (χ1) is 9.72. The van der Waals surface area contributed by atoms with E-state index in [1.54, 1.807) is 0 Å². The average Bonchev–Trinajstić information content (AvgIpc) is 3.18. The van der Waals surface area contributed by atoms with Gasteiger partial charge < -0.3 is 14.6 Å². The molecule has 1 aliphatic heterocycles. The quantitative estimate of drug-likeness (QED) is 0.923. The van der Waals surface area contributed by atoms with Crippen LogP contribution in [0.25, 0.3) is 11.1 Å². The molecule has 0 bridgehead atoms. The van der Waals surface area contributed by atoms with E-state index in [4.69, 9.17) is 16.0 Å². The van der Waals surface area contributed by atoms with Crippen molar-refractivity contribution in [3.63, 3.8) is 0 Å². The first-order valence-corrected chi connectivity index (χ1v) is 7.67. The molecule has 1 saturated carbocycles. The van der Waals surface area contributed by atoms with Gasteiger partial charge in [-0.15, -0.1) is 0 Å². The third kappa shape index (κ3) is 2.07. The Labute approximate surface area is 123 Å². The van der Waals surface area contributed by atoms with Crippen LogP contribution in [0.2, 0.25) is 5.02 Å². The molecule has 2 fully saturated rings. The predicted molar refractivity (Wildman–Crippen MR) is 80.7 cm³/mol. The number of anilines is 1. The Bertz CT molecular complexity index is 650. The standard InChI is InChI=1S/C15H18ClN3O/c1-9-8-17-4-5-19(9)15-18-13-7-11(16)6-12(10-2-3-10)14(13)20-15/h6-7,9-10,17H,2-5,8H2,1H3. The molecule has 2 heterocycles. The van der Waals surface area contributed by atoms with Gasteiger partial charge in [0.1, 0.15) is 5.52 Å². The van der Waals surface area contributed by atoms with Crippen LogP contribution in [-0.4, -0.2) is 30.7 Å². The number of nitrogens with one attached hydrogen (secondary N) is 1. The normalized spacial score (nSPS) is 23.5. The maximum absolute atomic E-state index is 6.21. The molecule has 4 rings (SSSR count). The van der Waals surface area contributed by atoms with E-state index in [1.807, 2.05) is 12.1 Å². The lowest BCUT2D eigenvalue weighted by molar-refractivity contribution is 0.455. The number of fused-ring (bicyclic) bond motifs is 1. The van der Waals surface area contributed by atoms with Gasteiger partial charge in [-0.05, 0) is 37.8 Å². The second kappa shape index (κ2) is 4.64. The van der Waals surface area contributed by atoms with E-state index in [0.717, 1.165) is 41.8 Å². The largest absolute Gasteiger partial charge is 0.423 e. The van der Waals surface area contributed by atoms with Gasteiger partial charge in [-0.2, -0.15) is 4.98 Å². The second-order valence-corrected chi connectivity index (χ2v) is 6.30. The summed E-state index contributed by atoms with van der Waals surface area (Å²) >= 11 is 6.21. The summed E-state index contributed by atoms with van der Waals surface area (Å²) in [6, 6.07) is 5.08. The molecule has 1 unspecified atom stereocenters. The molecule has 0 amide bonds. The molecule has 1 N–H and O–H groups in total. The highest BCUT2D eigenvalue weighted by atomic mass is 35.5. The Morgan fingerprint density at radius 1 is 1.40 bits per heavy atom. The highest BCUT2D eigenvalue weighted by molar-refractivity contribution is 6.31. The molecule has 2 aromatic rings. The first kappa shape index (κ1) is 12.5. The van der Waals surface area contributed by atoms with Crippen LogP contribution in [0.1, 0.15) is 31.2 Å². The number of halogens is 1. The first-order valence-electron chi connectivity index (χ1n) is 7.30. The van der Waals surface area contributed by atoms with E-state index in [2.05, 4.69) is 22.1 Å². The van der Waals surface area contributed by atoms with Crippen LogP contribution in [-0.2, 0) is 0 Å². The van der Waals surface area contributed by atoms with Gasteiger partial charge in [0, 0.05) is 36.3 Å². The maximum Gasteiger partial charge on any atom is 0.298 e. The molecule has 1 aliphatic carbocycles. The van der Waals surface area contributed by atoms with Crippen molar-refractivity contribution in [2.24, 2.45) is 0 Å². The van der Waals surface area contributed by atoms with Crippen LogP contribution in [0, 0.1) is 0 Å².